The molecule has 0 atom stereocenters. The van der Waals surface area contributed by atoms with Gasteiger partial charge in [0.25, 0.3) is 5.56 Å². The van der Waals surface area contributed by atoms with Crippen LogP contribution in [0.4, 0.5) is 8.78 Å². The Labute approximate surface area is 149 Å². The van der Waals surface area contributed by atoms with E-state index < -0.39 is 11.6 Å². The number of aryl methyl sites for hydroxylation is 1. The zero-order chi connectivity index (χ0) is 19.2. The molecule has 3 rings (SSSR count). The number of ether oxygens (including phenoxy) is 1. The second-order valence-corrected chi connectivity index (χ2v) is 6.50. The summed E-state index contributed by atoms with van der Waals surface area (Å²) in [6.07, 6.45) is 0. The average molecular weight is 361 g/mol. The first-order chi connectivity index (χ1) is 12.3. The largest absolute Gasteiger partial charge is 0.497 e. The highest BCUT2D eigenvalue weighted by Gasteiger charge is 2.23. The Morgan fingerprint density at radius 1 is 1.19 bits per heavy atom. The molecule has 2 heterocycles. The fourth-order valence-electron chi connectivity index (χ4n) is 3.17. The van der Waals surface area contributed by atoms with Gasteiger partial charge in [-0.05, 0) is 31.4 Å². The van der Waals surface area contributed by atoms with E-state index in [-0.39, 0.29) is 35.2 Å². The van der Waals surface area contributed by atoms with Crippen molar-refractivity contribution in [3.8, 4) is 17.1 Å². The predicted molar refractivity (Wildman–Crippen MR) is 95.9 cm³/mol. The Morgan fingerprint density at radius 3 is 2.31 bits per heavy atom. The van der Waals surface area contributed by atoms with Crippen LogP contribution in [0, 0.1) is 18.6 Å². The number of halogens is 2. The normalized spacial score (nSPS) is 11.5. The summed E-state index contributed by atoms with van der Waals surface area (Å²) in [4.78, 5) is 13.1. The third kappa shape index (κ3) is 2.67. The topological polar surface area (TPSA) is 48.5 Å². The van der Waals surface area contributed by atoms with Crippen LogP contribution in [0.1, 0.15) is 37.9 Å². The summed E-state index contributed by atoms with van der Waals surface area (Å²) < 4.78 is 36.8. The van der Waals surface area contributed by atoms with Gasteiger partial charge < -0.3 is 4.74 Å². The SMILES string of the molecule is CCn1c(-c2c(F)cc(OC)cc2F)nn2c(C)cc(C(C)C)c2c1=O. The van der Waals surface area contributed by atoms with Gasteiger partial charge in [0.2, 0.25) is 0 Å². The minimum absolute atomic E-state index is 0.0448. The van der Waals surface area contributed by atoms with Gasteiger partial charge in [0.05, 0.1) is 12.7 Å². The monoisotopic (exact) mass is 361 g/mol. The quantitative estimate of drug-likeness (QED) is 0.708. The lowest BCUT2D eigenvalue weighted by molar-refractivity contribution is 0.407. The number of aromatic nitrogens is 3. The third-order valence-electron chi connectivity index (χ3n) is 4.50. The maximum absolute atomic E-state index is 14.6. The van der Waals surface area contributed by atoms with E-state index in [9.17, 15) is 13.6 Å². The molecule has 0 aliphatic heterocycles. The molecule has 0 radical (unpaired) electrons. The molecule has 0 N–H and O–H groups in total. The van der Waals surface area contributed by atoms with Crippen LogP contribution in [0.15, 0.2) is 23.0 Å². The highest BCUT2D eigenvalue weighted by molar-refractivity contribution is 5.63. The molecular weight excluding hydrogens is 340 g/mol. The lowest BCUT2D eigenvalue weighted by atomic mass is 10.1. The second kappa shape index (κ2) is 6.55. The van der Waals surface area contributed by atoms with Crippen LogP contribution in [0.2, 0.25) is 0 Å². The fraction of sp³-hybridized carbons (Fsp3) is 0.368. The van der Waals surface area contributed by atoms with Crippen LogP contribution in [-0.2, 0) is 6.54 Å². The van der Waals surface area contributed by atoms with Gasteiger partial charge in [0, 0.05) is 24.4 Å². The molecule has 7 heteroatoms. The van der Waals surface area contributed by atoms with E-state index in [1.54, 1.807) is 6.92 Å². The summed E-state index contributed by atoms with van der Waals surface area (Å²) in [5, 5.41) is 4.42. The minimum Gasteiger partial charge on any atom is -0.497 e. The summed E-state index contributed by atoms with van der Waals surface area (Å²) in [6.45, 7) is 7.77. The highest BCUT2D eigenvalue weighted by Crippen LogP contribution is 2.29. The summed E-state index contributed by atoms with van der Waals surface area (Å²) in [7, 11) is 1.33. The Hall–Kier alpha value is -2.70. The summed E-state index contributed by atoms with van der Waals surface area (Å²) in [5.41, 5.74) is 1.39. The molecule has 138 valence electrons. The predicted octanol–water partition coefficient (Wildman–Crippen LogP) is 3.90. The number of methoxy groups -OCH3 is 1. The van der Waals surface area contributed by atoms with E-state index in [4.69, 9.17) is 4.74 Å². The van der Waals surface area contributed by atoms with Crippen LogP contribution in [0.25, 0.3) is 16.9 Å². The Morgan fingerprint density at radius 2 is 1.81 bits per heavy atom. The molecule has 26 heavy (non-hydrogen) atoms. The van der Waals surface area contributed by atoms with Crippen molar-refractivity contribution < 1.29 is 13.5 Å². The molecule has 0 spiro atoms. The number of hydrogen-bond acceptors (Lipinski definition) is 3. The van der Waals surface area contributed by atoms with Crippen molar-refractivity contribution in [2.24, 2.45) is 0 Å². The van der Waals surface area contributed by atoms with E-state index in [1.807, 2.05) is 26.8 Å². The zero-order valence-corrected chi connectivity index (χ0v) is 15.4. The molecule has 1 aromatic carbocycles. The molecule has 0 aliphatic carbocycles. The number of nitrogens with zero attached hydrogens (tertiary/aromatic N) is 3. The lowest BCUT2D eigenvalue weighted by Gasteiger charge is -2.14. The van der Waals surface area contributed by atoms with Crippen LogP contribution >= 0.6 is 0 Å². The van der Waals surface area contributed by atoms with Crippen LogP contribution in [-0.4, -0.2) is 21.3 Å². The Bertz CT molecular complexity index is 1030. The number of fused-ring (bicyclic) bond motifs is 1. The van der Waals surface area contributed by atoms with Gasteiger partial charge in [-0.3, -0.25) is 9.36 Å². The van der Waals surface area contributed by atoms with Crippen molar-refractivity contribution in [3.05, 3.63) is 51.4 Å². The summed E-state index contributed by atoms with van der Waals surface area (Å²) >= 11 is 0. The maximum atomic E-state index is 14.6. The van der Waals surface area contributed by atoms with E-state index in [1.165, 1.54) is 16.2 Å². The van der Waals surface area contributed by atoms with Crippen molar-refractivity contribution in [2.45, 2.75) is 40.2 Å². The van der Waals surface area contributed by atoms with Gasteiger partial charge >= 0.3 is 0 Å². The molecule has 0 saturated carbocycles. The second-order valence-electron chi connectivity index (χ2n) is 6.50. The van der Waals surface area contributed by atoms with Gasteiger partial charge in [-0.25, -0.2) is 13.3 Å². The molecule has 0 amide bonds. The van der Waals surface area contributed by atoms with E-state index in [0.717, 1.165) is 23.4 Å². The van der Waals surface area contributed by atoms with E-state index >= 15 is 0 Å². The van der Waals surface area contributed by atoms with Gasteiger partial charge in [-0.2, -0.15) is 0 Å². The first-order valence-electron chi connectivity index (χ1n) is 8.46. The summed E-state index contributed by atoms with van der Waals surface area (Å²) in [6, 6.07) is 4.05. The molecule has 5 nitrogen and oxygen atoms in total. The number of rotatable bonds is 4. The Balaban J connectivity index is 2.42. The molecule has 0 bridgehead atoms. The average Bonchev–Trinajstić information content (AvgIpc) is 2.92. The standard InChI is InChI=1S/C19H21F2N3O2/c1-6-23-18(16-14(20)8-12(26-5)9-15(16)21)22-24-11(4)7-13(10(2)3)17(24)19(23)25/h7-10H,6H2,1-5H3. The van der Waals surface area contributed by atoms with Gasteiger partial charge in [-0.1, -0.05) is 13.8 Å². The van der Waals surface area contributed by atoms with Crippen molar-refractivity contribution in [1.82, 2.24) is 14.2 Å². The highest BCUT2D eigenvalue weighted by atomic mass is 19.1. The number of hydrogen-bond donors (Lipinski definition) is 0. The van der Waals surface area contributed by atoms with E-state index in [0.29, 0.717) is 5.52 Å². The molecule has 0 fully saturated rings. The number of benzene rings is 1. The van der Waals surface area contributed by atoms with Crippen molar-refractivity contribution in [1.29, 1.82) is 0 Å². The molecule has 0 aliphatic rings. The third-order valence-corrected chi connectivity index (χ3v) is 4.50. The van der Waals surface area contributed by atoms with Gasteiger partial charge in [0.15, 0.2) is 5.82 Å². The van der Waals surface area contributed by atoms with Crippen molar-refractivity contribution >= 4 is 5.52 Å². The first-order valence-corrected chi connectivity index (χ1v) is 8.46. The zero-order valence-electron chi connectivity index (χ0n) is 15.4. The molecule has 0 unspecified atom stereocenters. The minimum atomic E-state index is -0.829. The molecule has 2 aromatic heterocycles. The van der Waals surface area contributed by atoms with Gasteiger partial charge in [-0.15, -0.1) is 5.10 Å². The molecular formula is C19H21F2N3O2. The summed E-state index contributed by atoms with van der Waals surface area (Å²) in [5.74, 6) is -1.52. The fourth-order valence-corrected chi connectivity index (χ4v) is 3.17. The van der Waals surface area contributed by atoms with Crippen LogP contribution in [0.3, 0.4) is 0 Å². The maximum Gasteiger partial charge on any atom is 0.278 e. The van der Waals surface area contributed by atoms with Gasteiger partial charge in [0.1, 0.15) is 22.9 Å². The first kappa shape index (κ1) is 18.1. The van der Waals surface area contributed by atoms with Crippen LogP contribution < -0.4 is 10.3 Å². The van der Waals surface area contributed by atoms with E-state index in [2.05, 4.69) is 5.10 Å². The molecule has 3 aromatic rings. The Kier molecular flexibility index (Phi) is 4.56. The lowest BCUT2D eigenvalue weighted by Crippen LogP contribution is -2.26. The smallest absolute Gasteiger partial charge is 0.278 e. The van der Waals surface area contributed by atoms with Crippen molar-refractivity contribution in [2.75, 3.05) is 7.11 Å². The molecule has 0 saturated heterocycles. The van der Waals surface area contributed by atoms with Crippen molar-refractivity contribution in [3.63, 3.8) is 0 Å². The van der Waals surface area contributed by atoms with Crippen LogP contribution in [0.5, 0.6) is 5.75 Å².